The fourth-order valence-corrected chi connectivity index (χ4v) is 2.86. The molecule has 18 heavy (non-hydrogen) atoms. The van der Waals surface area contributed by atoms with E-state index >= 15 is 0 Å². The summed E-state index contributed by atoms with van der Waals surface area (Å²) in [6.07, 6.45) is 6.38. The highest BCUT2D eigenvalue weighted by molar-refractivity contribution is 5.81. The van der Waals surface area contributed by atoms with E-state index in [1.807, 2.05) is 25.9 Å². The maximum absolute atomic E-state index is 12.2. The Hall–Kier alpha value is -0.610. The van der Waals surface area contributed by atoms with E-state index in [9.17, 15) is 9.90 Å². The Morgan fingerprint density at radius 1 is 1.33 bits per heavy atom. The number of rotatable bonds is 5. The van der Waals surface area contributed by atoms with Crippen LogP contribution in [-0.2, 0) is 4.79 Å². The first-order chi connectivity index (χ1) is 8.60. The molecular formula is C14H28N2O2. The third kappa shape index (κ3) is 4.25. The molecule has 0 unspecified atom stereocenters. The average Bonchev–Trinajstić information content (AvgIpc) is 2.54. The fourth-order valence-electron chi connectivity index (χ4n) is 2.86. The van der Waals surface area contributed by atoms with E-state index in [0.717, 1.165) is 25.7 Å². The summed E-state index contributed by atoms with van der Waals surface area (Å²) in [4.78, 5) is 14.2. The zero-order chi connectivity index (χ0) is 13.5. The lowest BCUT2D eigenvalue weighted by atomic mass is 9.95. The summed E-state index contributed by atoms with van der Waals surface area (Å²) in [5, 5.41) is 12.6. The van der Waals surface area contributed by atoms with Crippen molar-refractivity contribution in [1.82, 2.24) is 10.2 Å². The molecule has 1 fully saturated rings. The molecule has 2 N–H and O–H groups in total. The van der Waals surface area contributed by atoms with E-state index in [1.165, 1.54) is 12.8 Å². The molecule has 0 bridgehead atoms. The molecule has 4 heteroatoms. The number of aliphatic hydroxyl groups is 1. The molecule has 3 atom stereocenters. The van der Waals surface area contributed by atoms with Gasteiger partial charge in [-0.1, -0.05) is 26.2 Å². The van der Waals surface area contributed by atoms with Crippen LogP contribution in [0.25, 0.3) is 0 Å². The molecule has 1 rings (SSSR count). The molecule has 0 aliphatic heterocycles. The summed E-state index contributed by atoms with van der Waals surface area (Å²) in [6.45, 7) is 2.21. The molecule has 1 amide bonds. The van der Waals surface area contributed by atoms with Crippen LogP contribution in [-0.4, -0.2) is 48.7 Å². The predicted molar refractivity (Wildman–Crippen MR) is 73.4 cm³/mol. The van der Waals surface area contributed by atoms with E-state index in [2.05, 4.69) is 5.32 Å². The predicted octanol–water partition coefficient (Wildman–Crippen LogP) is 1.38. The van der Waals surface area contributed by atoms with Crippen LogP contribution in [0.5, 0.6) is 0 Å². The fraction of sp³-hybridized carbons (Fsp3) is 0.929. The largest absolute Gasteiger partial charge is 0.396 e. The topological polar surface area (TPSA) is 52.6 Å². The Balaban J connectivity index is 2.59. The first-order valence-electron chi connectivity index (χ1n) is 7.17. The Morgan fingerprint density at radius 2 is 2.00 bits per heavy atom. The molecule has 1 aliphatic carbocycles. The van der Waals surface area contributed by atoms with Gasteiger partial charge in [0.15, 0.2) is 0 Å². The minimum Gasteiger partial charge on any atom is -0.396 e. The van der Waals surface area contributed by atoms with E-state index < -0.39 is 0 Å². The van der Waals surface area contributed by atoms with Crippen molar-refractivity contribution in [2.24, 2.45) is 5.92 Å². The van der Waals surface area contributed by atoms with Gasteiger partial charge in [0.05, 0.1) is 6.04 Å². The van der Waals surface area contributed by atoms with Crippen molar-refractivity contribution in [2.75, 3.05) is 20.7 Å². The standard InChI is InChI=1S/C14H28N2O2/c1-4-13(16(2)3)14(18)15-12-9-7-5-6-8-11(12)10-17/h11-13,17H,4-10H2,1-3H3,(H,15,18)/t11-,12+,13+/m0/s1. The van der Waals surface area contributed by atoms with Gasteiger partial charge >= 0.3 is 0 Å². The monoisotopic (exact) mass is 256 g/mol. The summed E-state index contributed by atoms with van der Waals surface area (Å²) in [7, 11) is 3.87. The minimum absolute atomic E-state index is 0.0624. The third-order valence-corrected chi connectivity index (χ3v) is 4.03. The lowest BCUT2D eigenvalue weighted by Crippen LogP contribution is -2.49. The van der Waals surface area contributed by atoms with Gasteiger partial charge in [0, 0.05) is 18.6 Å². The van der Waals surface area contributed by atoms with E-state index in [-0.39, 0.29) is 30.5 Å². The Morgan fingerprint density at radius 3 is 2.56 bits per heavy atom. The van der Waals surface area contributed by atoms with Gasteiger partial charge in [0.2, 0.25) is 5.91 Å². The number of nitrogens with zero attached hydrogens (tertiary/aromatic N) is 1. The van der Waals surface area contributed by atoms with Crippen LogP contribution >= 0.6 is 0 Å². The van der Waals surface area contributed by atoms with Gasteiger partial charge in [-0.3, -0.25) is 9.69 Å². The number of likely N-dealkylation sites (N-methyl/N-ethyl adjacent to an activating group) is 1. The van der Waals surface area contributed by atoms with Crippen LogP contribution in [0.3, 0.4) is 0 Å². The second-order valence-electron chi connectivity index (χ2n) is 5.58. The lowest BCUT2D eigenvalue weighted by Gasteiger charge is -2.29. The lowest BCUT2D eigenvalue weighted by molar-refractivity contribution is -0.126. The second kappa shape index (κ2) is 7.74. The van der Waals surface area contributed by atoms with Crippen LogP contribution in [0.4, 0.5) is 0 Å². The molecule has 1 aliphatic rings. The smallest absolute Gasteiger partial charge is 0.237 e. The van der Waals surface area contributed by atoms with Gasteiger partial charge in [-0.2, -0.15) is 0 Å². The third-order valence-electron chi connectivity index (χ3n) is 4.03. The summed E-state index contributed by atoms with van der Waals surface area (Å²) >= 11 is 0. The summed E-state index contributed by atoms with van der Waals surface area (Å²) in [5.74, 6) is 0.337. The highest BCUT2D eigenvalue weighted by Crippen LogP contribution is 2.23. The van der Waals surface area contributed by atoms with Crippen molar-refractivity contribution in [3.8, 4) is 0 Å². The van der Waals surface area contributed by atoms with Crippen LogP contribution in [0.1, 0.15) is 45.4 Å². The van der Waals surface area contributed by atoms with Crippen molar-refractivity contribution < 1.29 is 9.90 Å². The molecule has 0 spiro atoms. The number of nitrogens with one attached hydrogen (secondary N) is 1. The summed E-state index contributed by atoms with van der Waals surface area (Å²) < 4.78 is 0. The molecule has 0 saturated heterocycles. The van der Waals surface area contributed by atoms with Gasteiger partial charge in [0.1, 0.15) is 0 Å². The first kappa shape index (κ1) is 15.4. The van der Waals surface area contributed by atoms with Crippen LogP contribution < -0.4 is 5.32 Å². The number of carbonyl (C=O) groups excluding carboxylic acids is 1. The number of amides is 1. The molecular weight excluding hydrogens is 228 g/mol. The number of hydrogen-bond donors (Lipinski definition) is 2. The Bertz CT molecular complexity index is 256. The van der Waals surface area contributed by atoms with Crippen molar-refractivity contribution in [1.29, 1.82) is 0 Å². The summed E-state index contributed by atoms with van der Waals surface area (Å²) in [6, 6.07) is 0.0894. The Labute approximate surface area is 111 Å². The number of carbonyl (C=O) groups is 1. The number of hydrogen-bond acceptors (Lipinski definition) is 3. The van der Waals surface area contributed by atoms with Crippen molar-refractivity contribution >= 4 is 5.91 Å². The molecule has 0 aromatic heterocycles. The summed E-state index contributed by atoms with van der Waals surface area (Å²) in [5.41, 5.74) is 0. The van der Waals surface area contributed by atoms with Crippen molar-refractivity contribution in [2.45, 2.75) is 57.5 Å². The zero-order valence-corrected chi connectivity index (χ0v) is 12.0. The highest BCUT2D eigenvalue weighted by Gasteiger charge is 2.27. The normalized spacial score (nSPS) is 26.7. The second-order valence-corrected chi connectivity index (χ2v) is 5.58. The minimum atomic E-state index is -0.0624. The molecule has 0 radical (unpaired) electrons. The van der Waals surface area contributed by atoms with Gasteiger partial charge in [-0.15, -0.1) is 0 Å². The van der Waals surface area contributed by atoms with E-state index in [4.69, 9.17) is 0 Å². The maximum atomic E-state index is 12.2. The maximum Gasteiger partial charge on any atom is 0.237 e. The molecule has 0 heterocycles. The van der Waals surface area contributed by atoms with Crippen molar-refractivity contribution in [3.63, 3.8) is 0 Å². The first-order valence-corrected chi connectivity index (χ1v) is 7.17. The molecule has 106 valence electrons. The van der Waals surface area contributed by atoms with E-state index in [1.54, 1.807) is 0 Å². The van der Waals surface area contributed by atoms with Crippen molar-refractivity contribution in [3.05, 3.63) is 0 Å². The van der Waals surface area contributed by atoms with Crippen LogP contribution in [0, 0.1) is 5.92 Å². The molecule has 0 aromatic rings. The van der Waals surface area contributed by atoms with Gasteiger partial charge in [-0.05, 0) is 33.4 Å². The van der Waals surface area contributed by atoms with Gasteiger partial charge < -0.3 is 10.4 Å². The van der Waals surface area contributed by atoms with Gasteiger partial charge in [-0.25, -0.2) is 0 Å². The SMILES string of the molecule is CC[C@H](C(=O)N[C@@H]1CCCCC[C@H]1CO)N(C)C. The quantitative estimate of drug-likeness (QED) is 0.731. The van der Waals surface area contributed by atoms with E-state index in [0.29, 0.717) is 0 Å². The molecule has 4 nitrogen and oxygen atoms in total. The average molecular weight is 256 g/mol. The molecule has 0 aromatic carbocycles. The molecule has 1 saturated carbocycles. The number of aliphatic hydroxyl groups excluding tert-OH is 1. The zero-order valence-electron chi connectivity index (χ0n) is 12.0. The van der Waals surface area contributed by atoms with Crippen LogP contribution in [0.15, 0.2) is 0 Å². The van der Waals surface area contributed by atoms with Gasteiger partial charge in [0.25, 0.3) is 0 Å². The van der Waals surface area contributed by atoms with Crippen LogP contribution in [0.2, 0.25) is 0 Å². The highest BCUT2D eigenvalue weighted by atomic mass is 16.3. The Kier molecular flexibility index (Phi) is 6.65.